The lowest BCUT2D eigenvalue weighted by Gasteiger charge is -2.14. The Hall–Kier alpha value is -1.96. The molecule has 2 aromatic carbocycles. The van der Waals surface area contributed by atoms with Gasteiger partial charge in [-0.25, -0.2) is 0 Å². The average Bonchev–Trinajstić information content (AvgIpc) is 2.39. The van der Waals surface area contributed by atoms with Gasteiger partial charge < -0.3 is 9.47 Å². The van der Waals surface area contributed by atoms with Crippen LogP contribution in [0.5, 0.6) is 11.5 Å². The van der Waals surface area contributed by atoms with E-state index in [2.05, 4.69) is 32.0 Å². The highest BCUT2D eigenvalue weighted by molar-refractivity contribution is 5.75. The highest BCUT2D eigenvalue weighted by atomic mass is 16.5. The molecular formula is C16H18O2. The number of ether oxygens (including phenoxy) is 2. The van der Waals surface area contributed by atoms with Crippen molar-refractivity contribution in [3.05, 3.63) is 47.5 Å². The molecular weight excluding hydrogens is 224 g/mol. The molecule has 0 aliphatic heterocycles. The van der Waals surface area contributed by atoms with Crippen LogP contribution in [-0.2, 0) is 0 Å². The molecule has 0 aromatic heterocycles. The van der Waals surface area contributed by atoms with Gasteiger partial charge in [-0.15, -0.1) is 0 Å². The largest absolute Gasteiger partial charge is 0.496 e. The minimum Gasteiger partial charge on any atom is -0.496 e. The zero-order valence-corrected chi connectivity index (χ0v) is 11.3. The number of hydrogen-bond acceptors (Lipinski definition) is 2. The molecule has 0 atom stereocenters. The SMILES string of the molecule is COc1ccc(C)cc1-c1cccc(OC)c1C. The lowest BCUT2D eigenvalue weighted by molar-refractivity contribution is 0.411. The van der Waals surface area contributed by atoms with Crippen molar-refractivity contribution >= 4 is 0 Å². The summed E-state index contributed by atoms with van der Waals surface area (Å²) in [4.78, 5) is 0. The van der Waals surface area contributed by atoms with Gasteiger partial charge in [-0.05, 0) is 43.2 Å². The summed E-state index contributed by atoms with van der Waals surface area (Å²) in [6, 6.07) is 12.3. The molecule has 0 unspecified atom stereocenters. The highest BCUT2D eigenvalue weighted by Crippen LogP contribution is 2.36. The summed E-state index contributed by atoms with van der Waals surface area (Å²) in [5.41, 5.74) is 4.60. The minimum atomic E-state index is 0.886. The predicted molar refractivity (Wildman–Crippen MR) is 74.5 cm³/mol. The summed E-state index contributed by atoms with van der Waals surface area (Å²) in [7, 11) is 3.39. The molecule has 0 aliphatic rings. The van der Waals surface area contributed by atoms with E-state index in [0.717, 1.165) is 28.2 Å². The Bertz CT molecular complexity index is 559. The van der Waals surface area contributed by atoms with Gasteiger partial charge in [0.25, 0.3) is 0 Å². The van der Waals surface area contributed by atoms with Crippen LogP contribution in [0.1, 0.15) is 11.1 Å². The van der Waals surface area contributed by atoms with E-state index in [1.54, 1.807) is 14.2 Å². The molecule has 2 heteroatoms. The van der Waals surface area contributed by atoms with E-state index in [0.29, 0.717) is 0 Å². The zero-order valence-electron chi connectivity index (χ0n) is 11.3. The second-order valence-corrected chi connectivity index (χ2v) is 4.34. The number of methoxy groups -OCH3 is 2. The summed E-state index contributed by atoms with van der Waals surface area (Å²) < 4.78 is 10.8. The lowest BCUT2D eigenvalue weighted by atomic mass is 9.97. The van der Waals surface area contributed by atoms with Gasteiger partial charge in [0, 0.05) is 5.56 Å². The first-order valence-electron chi connectivity index (χ1n) is 5.96. The van der Waals surface area contributed by atoms with Gasteiger partial charge >= 0.3 is 0 Å². The Balaban J connectivity index is 2.64. The first-order valence-corrected chi connectivity index (χ1v) is 5.96. The summed E-state index contributed by atoms with van der Waals surface area (Å²) >= 11 is 0. The third-order valence-corrected chi connectivity index (χ3v) is 3.15. The molecule has 2 aromatic rings. The van der Waals surface area contributed by atoms with Crippen molar-refractivity contribution in [3.8, 4) is 22.6 Å². The molecule has 2 nitrogen and oxygen atoms in total. The molecule has 0 bridgehead atoms. The van der Waals surface area contributed by atoms with Crippen molar-refractivity contribution in [2.75, 3.05) is 14.2 Å². The Morgan fingerprint density at radius 3 is 2.17 bits per heavy atom. The quantitative estimate of drug-likeness (QED) is 0.810. The van der Waals surface area contributed by atoms with Gasteiger partial charge in [0.05, 0.1) is 14.2 Å². The van der Waals surface area contributed by atoms with Crippen LogP contribution in [0.3, 0.4) is 0 Å². The molecule has 0 aliphatic carbocycles. The van der Waals surface area contributed by atoms with E-state index in [-0.39, 0.29) is 0 Å². The maximum Gasteiger partial charge on any atom is 0.126 e. The topological polar surface area (TPSA) is 18.5 Å². The van der Waals surface area contributed by atoms with Gasteiger partial charge in [-0.2, -0.15) is 0 Å². The lowest BCUT2D eigenvalue weighted by Crippen LogP contribution is -1.93. The van der Waals surface area contributed by atoms with Crippen LogP contribution >= 0.6 is 0 Å². The maximum absolute atomic E-state index is 5.44. The molecule has 18 heavy (non-hydrogen) atoms. The second-order valence-electron chi connectivity index (χ2n) is 4.34. The van der Waals surface area contributed by atoms with Gasteiger partial charge in [0.15, 0.2) is 0 Å². The van der Waals surface area contributed by atoms with Crippen molar-refractivity contribution < 1.29 is 9.47 Å². The molecule has 0 saturated carbocycles. The van der Waals surface area contributed by atoms with E-state index in [1.807, 2.05) is 18.2 Å². The van der Waals surface area contributed by atoms with Gasteiger partial charge in [-0.3, -0.25) is 0 Å². The maximum atomic E-state index is 5.44. The molecule has 0 radical (unpaired) electrons. The molecule has 0 amide bonds. The van der Waals surface area contributed by atoms with Crippen molar-refractivity contribution in [1.82, 2.24) is 0 Å². The third-order valence-electron chi connectivity index (χ3n) is 3.15. The number of aryl methyl sites for hydroxylation is 1. The Morgan fingerprint density at radius 1 is 0.778 bits per heavy atom. The molecule has 94 valence electrons. The van der Waals surface area contributed by atoms with E-state index in [9.17, 15) is 0 Å². The monoisotopic (exact) mass is 242 g/mol. The number of rotatable bonds is 3. The van der Waals surface area contributed by atoms with E-state index in [1.165, 1.54) is 5.56 Å². The van der Waals surface area contributed by atoms with Crippen LogP contribution in [0.25, 0.3) is 11.1 Å². The average molecular weight is 242 g/mol. The highest BCUT2D eigenvalue weighted by Gasteiger charge is 2.11. The van der Waals surface area contributed by atoms with Gasteiger partial charge in [0.2, 0.25) is 0 Å². The Labute approximate surface area is 108 Å². The zero-order chi connectivity index (χ0) is 13.1. The fourth-order valence-corrected chi connectivity index (χ4v) is 2.16. The van der Waals surface area contributed by atoms with Crippen LogP contribution in [-0.4, -0.2) is 14.2 Å². The minimum absolute atomic E-state index is 0.886. The molecule has 0 saturated heterocycles. The second kappa shape index (κ2) is 5.13. The number of benzene rings is 2. The van der Waals surface area contributed by atoms with Crippen molar-refractivity contribution in [3.63, 3.8) is 0 Å². The summed E-state index contributed by atoms with van der Waals surface area (Å²) in [6.45, 7) is 4.15. The van der Waals surface area contributed by atoms with Crippen LogP contribution in [0.2, 0.25) is 0 Å². The van der Waals surface area contributed by atoms with E-state index < -0.39 is 0 Å². The smallest absolute Gasteiger partial charge is 0.126 e. The van der Waals surface area contributed by atoms with Gasteiger partial charge in [0.1, 0.15) is 11.5 Å². The van der Waals surface area contributed by atoms with Crippen molar-refractivity contribution in [2.45, 2.75) is 13.8 Å². The Kier molecular flexibility index (Phi) is 3.56. The Morgan fingerprint density at radius 2 is 1.50 bits per heavy atom. The van der Waals surface area contributed by atoms with Crippen LogP contribution in [0, 0.1) is 13.8 Å². The number of hydrogen-bond donors (Lipinski definition) is 0. The molecule has 0 fully saturated rings. The molecule has 2 rings (SSSR count). The first-order chi connectivity index (χ1) is 8.67. The predicted octanol–water partition coefficient (Wildman–Crippen LogP) is 3.99. The third kappa shape index (κ3) is 2.19. The standard InChI is InChI=1S/C16H18O2/c1-11-8-9-16(18-4)14(10-11)13-6-5-7-15(17-3)12(13)2/h5-10H,1-4H3. The van der Waals surface area contributed by atoms with Crippen LogP contribution in [0.15, 0.2) is 36.4 Å². The molecule has 0 N–H and O–H groups in total. The van der Waals surface area contributed by atoms with E-state index in [4.69, 9.17) is 9.47 Å². The fourth-order valence-electron chi connectivity index (χ4n) is 2.16. The molecule has 0 heterocycles. The first kappa shape index (κ1) is 12.5. The fraction of sp³-hybridized carbons (Fsp3) is 0.250. The van der Waals surface area contributed by atoms with E-state index >= 15 is 0 Å². The summed E-state index contributed by atoms with van der Waals surface area (Å²) in [6.07, 6.45) is 0. The normalized spacial score (nSPS) is 10.2. The summed E-state index contributed by atoms with van der Waals surface area (Å²) in [5.74, 6) is 1.79. The van der Waals surface area contributed by atoms with Gasteiger partial charge in [-0.1, -0.05) is 23.8 Å². The van der Waals surface area contributed by atoms with Crippen LogP contribution in [0.4, 0.5) is 0 Å². The summed E-state index contributed by atoms with van der Waals surface area (Å²) in [5, 5.41) is 0. The van der Waals surface area contributed by atoms with Crippen molar-refractivity contribution in [1.29, 1.82) is 0 Å². The van der Waals surface area contributed by atoms with Crippen molar-refractivity contribution in [2.24, 2.45) is 0 Å². The molecule has 0 spiro atoms. The van der Waals surface area contributed by atoms with Crippen LogP contribution < -0.4 is 9.47 Å².